The van der Waals surface area contributed by atoms with E-state index in [4.69, 9.17) is 19.7 Å². The lowest BCUT2D eigenvalue weighted by atomic mass is 10.1. The summed E-state index contributed by atoms with van der Waals surface area (Å²) in [5.41, 5.74) is 0. The number of rotatable bonds is 31. The molecular formula is C36H62N8O18. The highest BCUT2D eigenvalue weighted by Gasteiger charge is 2.26. The van der Waals surface area contributed by atoms with Gasteiger partial charge in [0.2, 0.25) is 5.91 Å². The number of aliphatic carboxylic acids is 7. The zero-order valence-electron chi connectivity index (χ0n) is 34.7. The second-order valence-electron chi connectivity index (χ2n) is 14.3. The summed E-state index contributed by atoms with van der Waals surface area (Å²) in [6.45, 7) is 2.62. The van der Waals surface area contributed by atoms with E-state index in [1.165, 1.54) is 0 Å². The Kier molecular flexibility index (Phi) is 27.9. The molecule has 0 aromatic carbocycles. The Bertz CT molecular complexity index is 1430. The maximum atomic E-state index is 12.8. The maximum Gasteiger partial charge on any atom is 0.326 e. The molecule has 3 amide bonds. The van der Waals surface area contributed by atoms with Crippen LogP contribution in [0.5, 0.6) is 0 Å². The van der Waals surface area contributed by atoms with E-state index in [0.29, 0.717) is 0 Å². The molecule has 10 N–H and O–H groups in total. The van der Waals surface area contributed by atoms with E-state index in [0.717, 1.165) is 0 Å². The van der Waals surface area contributed by atoms with Crippen molar-refractivity contribution in [2.24, 2.45) is 0 Å². The summed E-state index contributed by atoms with van der Waals surface area (Å²) in [6, 6.07) is -4.07. The van der Waals surface area contributed by atoms with Crippen LogP contribution in [0.1, 0.15) is 32.1 Å². The number of urea groups is 1. The minimum absolute atomic E-state index is 0.0549. The summed E-state index contributed by atoms with van der Waals surface area (Å²) in [5.74, 6) is -8.73. The summed E-state index contributed by atoms with van der Waals surface area (Å²) < 4.78 is 11.1. The van der Waals surface area contributed by atoms with E-state index < -0.39 is 72.7 Å². The van der Waals surface area contributed by atoms with Crippen molar-refractivity contribution in [1.82, 2.24) is 40.4 Å². The van der Waals surface area contributed by atoms with E-state index in [-0.39, 0.29) is 156 Å². The number of hydrogen-bond acceptors (Lipinski definition) is 16. The summed E-state index contributed by atoms with van der Waals surface area (Å²) in [7, 11) is 0. The van der Waals surface area contributed by atoms with E-state index >= 15 is 0 Å². The molecular weight excluding hydrogens is 832 g/mol. The number of carbonyl (C=O) groups excluding carboxylic acids is 2. The molecule has 1 aliphatic heterocycles. The molecule has 0 spiro atoms. The molecule has 1 aliphatic rings. The molecule has 1 rings (SSSR count). The minimum Gasteiger partial charge on any atom is -0.481 e. The van der Waals surface area contributed by atoms with Gasteiger partial charge in [-0.3, -0.25) is 48.4 Å². The molecule has 1 fully saturated rings. The standard InChI is InChI=1S/C36H62N8O18/c45-28(22-41-9-11-42(23-31(50)51)13-15-44(25-33(54)55)16-14-43(12-10-41)24-32(52)53)37-6-18-61-20-21-62-19-17-40(8-5-30(48)49)7-1-2-26(34(56)57)38-36(60)39-27(35(58)59)3-4-29(46)47/h26-27H,1-25H2,(H,37,45)(H,46,47)(H,48,49)(H,50,51)(H,52,53)(H,54,55)(H,56,57)(H,58,59)(H2,38,39,60)/t26-,27-/m0/s1. The first-order chi connectivity index (χ1) is 29.3. The number of carbonyl (C=O) groups is 9. The lowest BCUT2D eigenvalue weighted by Gasteiger charge is -2.32. The van der Waals surface area contributed by atoms with Crippen molar-refractivity contribution in [1.29, 1.82) is 0 Å². The van der Waals surface area contributed by atoms with E-state index in [1.807, 2.05) is 5.32 Å². The second kappa shape index (κ2) is 31.6. The molecule has 0 aliphatic carbocycles. The molecule has 1 saturated heterocycles. The normalized spacial score (nSPS) is 16.0. The summed E-state index contributed by atoms with van der Waals surface area (Å²) in [5, 5.41) is 71.8. The van der Waals surface area contributed by atoms with E-state index in [2.05, 4.69) is 10.6 Å². The van der Waals surface area contributed by atoms with Gasteiger partial charge in [0.25, 0.3) is 0 Å². The second-order valence-corrected chi connectivity index (χ2v) is 14.3. The Hall–Kier alpha value is -5.25. The number of nitrogens with one attached hydrogen (secondary N) is 3. The Morgan fingerprint density at radius 2 is 0.903 bits per heavy atom. The zero-order chi connectivity index (χ0) is 46.5. The first-order valence-electron chi connectivity index (χ1n) is 20.0. The third kappa shape index (κ3) is 28.3. The van der Waals surface area contributed by atoms with Crippen LogP contribution in [0.4, 0.5) is 4.79 Å². The Labute approximate surface area is 357 Å². The lowest BCUT2D eigenvalue weighted by Crippen LogP contribution is -2.51. The van der Waals surface area contributed by atoms with Crippen molar-refractivity contribution >= 4 is 53.7 Å². The van der Waals surface area contributed by atoms with Crippen LogP contribution in [0.25, 0.3) is 0 Å². The molecule has 62 heavy (non-hydrogen) atoms. The van der Waals surface area contributed by atoms with Crippen LogP contribution < -0.4 is 16.0 Å². The lowest BCUT2D eigenvalue weighted by molar-refractivity contribution is -0.141. The predicted molar refractivity (Wildman–Crippen MR) is 213 cm³/mol. The molecule has 0 radical (unpaired) electrons. The first kappa shape index (κ1) is 54.8. The Balaban J connectivity index is 2.54. The van der Waals surface area contributed by atoms with Crippen LogP contribution in [0.3, 0.4) is 0 Å². The van der Waals surface area contributed by atoms with Gasteiger partial charge in [-0.05, 0) is 25.8 Å². The highest BCUT2D eigenvalue weighted by atomic mass is 16.5. The van der Waals surface area contributed by atoms with Crippen LogP contribution >= 0.6 is 0 Å². The van der Waals surface area contributed by atoms with Crippen LogP contribution in [0.15, 0.2) is 0 Å². The van der Waals surface area contributed by atoms with Crippen molar-refractivity contribution in [3.8, 4) is 0 Å². The fourth-order valence-electron chi connectivity index (χ4n) is 6.07. The summed E-state index contributed by atoms with van der Waals surface area (Å²) in [4.78, 5) is 113. The van der Waals surface area contributed by atoms with Gasteiger partial charge in [-0.2, -0.15) is 0 Å². The number of carboxylic acid groups (broad SMARTS) is 7. The molecule has 26 heteroatoms. The largest absolute Gasteiger partial charge is 0.481 e. The summed E-state index contributed by atoms with van der Waals surface area (Å²) >= 11 is 0. The number of nitrogens with zero attached hydrogens (tertiary/aromatic N) is 5. The predicted octanol–water partition coefficient (Wildman–Crippen LogP) is -3.76. The van der Waals surface area contributed by atoms with Crippen LogP contribution in [-0.2, 0) is 47.8 Å². The van der Waals surface area contributed by atoms with E-state index in [1.54, 1.807) is 24.5 Å². The quantitative estimate of drug-likeness (QED) is 0.0299. The summed E-state index contributed by atoms with van der Waals surface area (Å²) in [6.07, 6.45) is -1.04. The molecule has 0 unspecified atom stereocenters. The number of carboxylic acids is 7. The van der Waals surface area contributed by atoms with Gasteiger partial charge in [0.15, 0.2) is 0 Å². The van der Waals surface area contributed by atoms with Gasteiger partial charge in [-0.15, -0.1) is 0 Å². The average Bonchev–Trinajstić information content (AvgIpc) is 3.17. The van der Waals surface area contributed by atoms with Gasteiger partial charge >= 0.3 is 47.8 Å². The van der Waals surface area contributed by atoms with Crippen molar-refractivity contribution in [3.05, 3.63) is 0 Å². The zero-order valence-corrected chi connectivity index (χ0v) is 34.7. The molecule has 354 valence electrons. The molecule has 0 aromatic rings. The SMILES string of the molecule is O=C(O)CC[C@H](NC(=O)N[C@@H](CCCN(CCOCCOCCNC(=O)CN1CCN(CC(=O)O)CCN(CC(=O)O)CCN(CC(=O)O)CC1)CCC(=O)O)C(=O)O)C(=O)O. The smallest absolute Gasteiger partial charge is 0.326 e. The van der Waals surface area contributed by atoms with Crippen molar-refractivity contribution in [3.63, 3.8) is 0 Å². The molecule has 26 nitrogen and oxygen atoms in total. The van der Waals surface area contributed by atoms with Gasteiger partial charge in [0.05, 0.1) is 59.0 Å². The van der Waals surface area contributed by atoms with Crippen LogP contribution in [0, 0.1) is 0 Å². The van der Waals surface area contributed by atoms with Gasteiger partial charge in [-0.25, -0.2) is 14.4 Å². The van der Waals surface area contributed by atoms with Gasteiger partial charge in [0.1, 0.15) is 12.1 Å². The number of hydrogen-bond donors (Lipinski definition) is 10. The third-order valence-corrected chi connectivity index (χ3v) is 9.33. The number of amides is 3. The number of ether oxygens (including phenoxy) is 2. The molecule has 0 bridgehead atoms. The van der Waals surface area contributed by atoms with Gasteiger partial charge in [-0.1, -0.05) is 0 Å². The Morgan fingerprint density at radius 1 is 0.484 bits per heavy atom. The molecule has 2 atom stereocenters. The topological polar surface area (TPSA) is 366 Å². The minimum atomic E-state index is -1.55. The van der Waals surface area contributed by atoms with E-state index in [9.17, 15) is 68.7 Å². The van der Waals surface area contributed by atoms with Crippen molar-refractivity contribution in [2.75, 3.05) is 131 Å². The molecule has 0 saturated carbocycles. The highest BCUT2D eigenvalue weighted by molar-refractivity contribution is 5.86. The van der Waals surface area contributed by atoms with Crippen LogP contribution in [-0.4, -0.2) is 257 Å². The fraction of sp³-hybridized carbons (Fsp3) is 0.750. The van der Waals surface area contributed by atoms with Gasteiger partial charge < -0.3 is 66.1 Å². The van der Waals surface area contributed by atoms with Gasteiger partial charge in [0, 0.05) is 78.4 Å². The first-order valence-corrected chi connectivity index (χ1v) is 20.0. The maximum absolute atomic E-state index is 12.8. The van der Waals surface area contributed by atoms with Crippen molar-refractivity contribution < 1.29 is 88.4 Å². The Morgan fingerprint density at radius 3 is 1.32 bits per heavy atom. The third-order valence-electron chi connectivity index (χ3n) is 9.33. The fourth-order valence-corrected chi connectivity index (χ4v) is 6.07. The van der Waals surface area contributed by atoms with Crippen molar-refractivity contribution in [2.45, 2.75) is 44.2 Å². The molecule has 0 aromatic heterocycles. The average molecular weight is 895 g/mol. The molecule has 1 heterocycles. The highest BCUT2D eigenvalue weighted by Crippen LogP contribution is 2.05. The monoisotopic (exact) mass is 894 g/mol. The van der Waals surface area contributed by atoms with Crippen LogP contribution in [0.2, 0.25) is 0 Å².